The number of fused-ring (bicyclic) bond motifs is 3. The summed E-state index contributed by atoms with van der Waals surface area (Å²) in [6, 6.07) is 3.68. The molecule has 1 saturated heterocycles. The van der Waals surface area contributed by atoms with Gasteiger partial charge in [-0.1, -0.05) is 15.9 Å². The summed E-state index contributed by atoms with van der Waals surface area (Å²) in [5.41, 5.74) is 0.659. The van der Waals surface area contributed by atoms with Crippen molar-refractivity contribution in [2.45, 2.75) is 18.4 Å². The van der Waals surface area contributed by atoms with Crippen molar-refractivity contribution >= 4 is 27.4 Å². The lowest BCUT2D eigenvalue weighted by Crippen LogP contribution is -2.56. The summed E-state index contributed by atoms with van der Waals surface area (Å²) in [5, 5.41) is 0. The standard InChI is InChI=1S/C13H12BrF2NO2/c14-8-1-2-9-10(7-8)17-4-6-19-5-3-11(17)13(15,16)12(9)18/h1-2,7,11H,3-6H2. The van der Waals surface area contributed by atoms with E-state index in [1.807, 2.05) is 0 Å². The third-order valence-electron chi connectivity index (χ3n) is 3.62. The van der Waals surface area contributed by atoms with Gasteiger partial charge in [-0.3, -0.25) is 4.79 Å². The van der Waals surface area contributed by atoms with Gasteiger partial charge in [-0.05, 0) is 24.6 Å². The summed E-state index contributed by atoms with van der Waals surface area (Å²) in [4.78, 5) is 13.6. The highest BCUT2D eigenvalue weighted by molar-refractivity contribution is 9.10. The molecule has 1 aromatic rings. The molecule has 0 spiro atoms. The number of alkyl halides is 2. The van der Waals surface area contributed by atoms with E-state index in [0.717, 1.165) is 4.47 Å². The predicted molar refractivity (Wildman–Crippen MR) is 70.0 cm³/mol. The van der Waals surface area contributed by atoms with Crippen LogP contribution in [-0.2, 0) is 4.74 Å². The third-order valence-corrected chi connectivity index (χ3v) is 4.12. The van der Waals surface area contributed by atoms with Crippen LogP contribution in [0.15, 0.2) is 22.7 Å². The van der Waals surface area contributed by atoms with Crippen molar-refractivity contribution in [2.24, 2.45) is 0 Å². The zero-order valence-corrected chi connectivity index (χ0v) is 11.6. The maximum atomic E-state index is 14.2. The summed E-state index contributed by atoms with van der Waals surface area (Å²) >= 11 is 3.32. The molecule has 2 heterocycles. The topological polar surface area (TPSA) is 29.5 Å². The van der Waals surface area contributed by atoms with Crippen molar-refractivity contribution in [2.75, 3.05) is 24.7 Å². The molecule has 2 aliphatic heterocycles. The third kappa shape index (κ3) is 1.97. The first-order valence-corrected chi connectivity index (χ1v) is 6.87. The van der Waals surface area contributed by atoms with Crippen LogP contribution in [0.2, 0.25) is 0 Å². The van der Waals surface area contributed by atoms with Crippen LogP contribution in [0.25, 0.3) is 0 Å². The van der Waals surface area contributed by atoms with Crippen LogP contribution in [0.4, 0.5) is 14.5 Å². The Morgan fingerprint density at radius 1 is 1.37 bits per heavy atom. The molecule has 102 valence electrons. The maximum absolute atomic E-state index is 14.2. The highest BCUT2D eigenvalue weighted by Crippen LogP contribution is 2.42. The van der Waals surface area contributed by atoms with Crippen molar-refractivity contribution in [3.8, 4) is 0 Å². The van der Waals surface area contributed by atoms with Crippen LogP contribution in [0.5, 0.6) is 0 Å². The van der Waals surface area contributed by atoms with E-state index >= 15 is 0 Å². The Morgan fingerprint density at radius 2 is 2.16 bits per heavy atom. The van der Waals surface area contributed by atoms with E-state index in [1.54, 1.807) is 17.0 Å². The number of carbonyl (C=O) groups is 1. The van der Waals surface area contributed by atoms with Crippen molar-refractivity contribution in [1.29, 1.82) is 0 Å². The molecule has 3 nitrogen and oxygen atoms in total. The molecule has 0 amide bonds. The lowest BCUT2D eigenvalue weighted by molar-refractivity contribution is -0.0137. The Morgan fingerprint density at radius 3 is 2.95 bits per heavy atom. The molecule has 2 aliphatic rings. The van der Waals surface area contributed by atoms with E-state index in [4.69, 9.17) is 4.74 Å². The number of rotatable bonds is 0. The van der Waals surface area contributed by atoms with E-state index in [9.17, 15) is 13.6 Å². The first kappa shape index (κ1) is 13.0. The molecule has 0 saturated carbocycles. The molecule has 0 aliphatic carbocycles. The number of hydrogen-bond donors (Lipinski definition) is 0. The fourth-order valence-electron chi connectivity index (χ4n) is 2.70. The van der Waals surface area contributed by atoms with Crippen molar-refractivity contribution in [3.05, 3.63) is 28.2 Å². The average molecular weight is 332 g/mol. The van der Waals surface area contributed by atoms with E-state index < -0.39 is 17.7 Å². The van der Waals surface area contributed by atoms with Crippen molar-refractivity contribution in [3.63, 3.8) is 0 Å². The minimum Gasteiger partial charge on any atom is -0.380 e. The highest BCUT2D eigenvalue weighted by Gasteiger charge is 2.54. The van der Waals surface area contributed by atoms with Gasteiger partial charge in [-0.15, -0.1) is 0 Å². The van der Waals surface area contributed by atoms with Gasteiger partial charge in [0, 0.05) is 28.9 Å². The average Bonchev–Trinajstić information content (AvgIpc) is 2.62. The number of halogens is 3. The van der Waals surface area contributed by atoms with Gasteiger partial charge in [0.2, 0.25) is 5.78 Å². The Bertz CT molecular complexity index is 535. The fraction of sp³-hybridized carbons (Fsp3) is 0.462. The van der Waals surface area contributed by atoms with E-state index in [0.29, 0.717) is 18.8 Å². The van der Waals surface area contributed by atoms with Gasteiger partial charge >= 0.3 is 5.92 Å². The van der Waals surface area contributed by atoms with Crippen LogP contribution in [0.1, 0.15) is 16.8 Å². The molecule has 1 aromatic carbocycles. The molecule has 0 N–H and O–H groups in total. The lowest BCUT2D eigenvalue weighted by Gasteiger charge is -2.41. The van der Waals surface area contributed by atoms with Gasteiger partial charge in [0.1, 0.15) is 6.04 Å². The summed E-state index contributed by atoms with van der Waals surface area (Å²) < 4.78 is 34.5. The Balaban J connectivity index is 2.17. The molecule has 3 rings (SSSR count). The molecule has 0 radical (unpaired) electrons. The summed E-state index contributed by atoms with van der Waals surface area (Å²) in [7, 11) is 0. The lowest BCUT2D eigenvalue weighted by atomic mass is 9.89. The molecule has 0 bridgehead atoms. The SMILES string of the molecule is O=C1c2ccc(Br)cc2N2CCOCCC2C1(F)F. The minimum atomic E-state index is -3.35. The minimum absolute atomic E-state index is 0.0892. The largest absolute Gasteiger partial charge is 0.380 e. The zero-order valence-electron chi connectivity index (χ0n) is 10.0. The number of benzene rings is 1. The van der Waals surface area contributed by atoms with E-state index in [-0.39, 0.29) is 18.6 Å². The maximum Gasteiger partial charge on any atom is 0.329 e. The quantitative estimate of drug-likeness (QED) is 0.732. The van der Waals surface area contributed by atoms with E-state index in [2.05, 4.69) is 15.9 Å². The number of Topliss-reactive ketones (excluding diaryl/α,β-unsaturated/α-hetero) is 1. The van der Waals surface area contributed by atoms with Crippen LogP contribution in [0.3, 0.4) is 0 Å². The van der Waals surface area contributed by atoms with Gasteiger partial charge in [-0.2, -0.15) is 8.78 Å². The number of anilines is 1. The van der Waals surface area contributed by atoms with Gasteiger partial charge in [0.05, 0.1) is 6.61 Å². The van der Waals surface area contributed by atoms with Gasteiger partial charge < -0.3 is 9.64 Å². The summed E-state index contributed by atoms with van der Waals surface area (Å²) in [5.74, 6) is -4.44. The van der Waals surface area contributed by atoms with E-state index in [1.165, 1.54) is 6.07 Å². The molecule has 1 fully saturated rings. The molecular weight excluding hydrogens is 320 g/mol. The molecule has 19 heavy (non-hydrogen) atoms. The Labute approximate surface area is 117 Å². The number of nitrogens with zero attached hydrogens (tertiary/aromatic N) is 1. The molecule has 1 unspecified atom stereocenters. The summed E-state index contributed by atoms with van der Waals surface area (Å²) in [6.45, 7) is 1.02. The second kappa shape index (κ2) is 4.52. The summed E-state index contributed by atoms with van der Waals surface area (Å²) in [6.07, 6.45) is 0.157. The number of hydrogen-bond acceptors (Lipinski definition) is 3. The normalized spacial score (nSPS) is 25.5. The molecule has 0 aromatic heterocycles. The number of ketones is 1. The first-order chi connectivity index (χ1) is 9.01. The number of carbonyl (C=O) groups excluding carboxylic acids is 1. The Kier molecular flexibility index (Phi) is 3.09. The van der Waals surface area contributed by atoms with Crippen LogP contribution in [-0.4, -0.2) is 37.5 Å². The fourth-order valence-corrected chi connectivity index (χ4v) is 3.05. The molecule has 1 atom stereocenters. The van der Waals surface area contributed by atoms with Gasteiger partial charge in [-0.25, -0.2) is 0 Å². The van der Waals surface area contributed by atoms with Gasteiger partial charge in [0.15, 0.2) is 0 Å². The predicted octanol–water partition coefficient (Wildman–Crippen LogP) is 2.88. The highest BCUT2D eigenvalue weighted by atomic mass is 79.9. The smallest absolute Gasteiger partial charge is 0.329 e. The zero-order chi connectivity index (χ0) is 13.6. The number of ether oxygens (including phenoxy) is 1. The van der Waals surface area contributed by atoms with Crippen molar-refractivity contribution in [1.82, 2.24) is 0 Å². The van der Waals surface area contributed by atoms with Crippen LogP contribution >= 0.6 is 15.9 Å². The second-order valence-corrected chi connectivity index (χ2v) is 5.64. The monoisotopic (exact) mass is 331 g/mol. The van der Waals surface area contributed by atoms with Crippen LogP contribution < -0.4 is 4.90 Å². The van der Waals surface area contributed by atoms with Crippen molar-refractivity contribution < 1.29 is 18.3 Å². The van der Waals surface area contributed by atoms with Crippen LogP contribution in [0, 0.1) is 0 Å². The molecule has 6 heteroatoms. The second-order valence-electron chi connectivity index (χ2n) is 4.72. The first-order valence-electron chi connectivity index (χ1n) is 6.08. The Hall–Kier alpha value is -1.01. The molecular formula is C13H12BrF2NO2. The van der Waals surface area contributed by atoms with Gasteiger partial charge in [0.25, 0.3) is 0 Å².